The van der Waals surface area contributed by atoms with Gasteiger partial charge in [-0.2, -0.15) is 0 Å². The van der Waals surface area contributed by atoms with Crippen molar-refractivity contribution in [3.8, 4) is 0 Å². The van der Waals surface area contributed by atoms with Crippen molar-refractivity contribution in [1.29, 1.82) is 0 Å². The third-order valence-corrected chi connectivity index (χ3v) is 0.793. The van der Waals surface area contributed by atoms with Crippen LogP contribution >= 0.6 is 0 Å². The molecule has 0 aromatic heterocycles. The summed E-state index contributed by atoms with van der Waals surface area (Å²) in [5.74, 6) is -3.65. The number of carboxylic acid groups (broad SMARTS) is 2. The van der Waals surface area contributed by atoms with E-state index in [0.717, 1.165) is 6.54 Å². The van der Waals surface area contributed by atoms with Gasteiger partial charge >= 0.3 is 11.9 Å². The van der Waals surface area contributed by atoms with E-state index in [9.17, 15) is 0 Å². The Bertz CT molecular complexity index is 134. The third kappa shape index (κ3) is 18.1. The zero-order valence-corrected chi connectivity index (χ0v) is 7.06. The van der Waals surface area contributed by atoms with Gasteiger partial charge in [0.2, 0.25) is 0 Å². The van der Waals surface area contributed by atoms with Crippen LogP contribution < -0.4 is 11.1 Å². The third-order valence-electron chi connectivity index (χ3n) is 0.793. The van der Waals surface area contributed by atoms with Gasteiger partial charge in [0.25, 0.3) is 0 Å². The molecule has 0 aromatic rings. The Morgan fingerprint density at radius 1 is 1.15 bits per heavy atom. The summed E-state index contributed by atoms with van der Waals surface area (Å²) in [6.45, 7) is 2.28. The fourth-order valence-corrected chi connectivity index (χ4v) is 0.306. The number of carboxylic acids is 2. The summed E-state index contributed by atoms with van der Waals surface area (Å²) in [7, 11) is 0. The molecule has 0 fully saturated rings. The minimum atomic E-state index is -1.82. The Morgan fingerprint density at radius 2 is 1.62 bits per heavy atom. The van der Waals surface area contributed by atoms with E-state index in [4.69, 9.17) is 30.6 Å². The van der Waals surface area contributed by atoms with Gasteiger partial charge in [-0.05, 0) is 0 Å². The molecule has 0 rings (SSSR count). The fourth-order valence-electron chi connectivity index (χ4n) is 0.306. The first-order chi connectivity index (χ1) is 6.06. The van der Waals surface area contributed by atoms with E-state index in [1.165, 1.54) is 0 Å². The second-order valence-electron chi connectivity index (χ2n) is 1.87. The van der Waals surface area contributed by atoms with Crippen LogP contribution in [-0.4, -0.2) is 53.5 Å². The van der Waals surface area contributed by atoms with E-state index < -0.39 is 11.9 Å². The number of nitrogens with one attached hydrogen (secondary N) is 1. The number of aliphatic hydroxyl groups excluding tert-OH is 1. The topological polar surface area (TPSA) is 133 Å². The number of hydrogen-bond donors (Lipinski definition) is 5. The lowest BCUT2D eigenvalue weighted by Gasteiger charge is -1.95. The molecule has 0 unspecified atom stereocenters. The van der Waals surface area contributed by atoms with Crippen molar-refractivity contribution < 1.29 is 24.9 Å². The highest BCUT2D eigenvalue weighted by molar-refractivity contribution is 6.27. The first-order valence-electron chi connectivity index (χ1n) is 3.54. The van der Waals surface area contributed by atoms with Crippen molar-refractivity contribution >= 4 is 11.9 Å². The smallest absolute Gasteiger partial charge is 0.414 e. The Balaban J connectivity index is 0. The molecule has 0 bridgehead atoms. The molecule has 0 aromatic carbocycles. The predicted octanol–water partition coefficient (Wildman–Crippen LogP) is -2.32. The summed E-state index contributed by atoms with van der Waals surface area (Å²) < 4.78 is 0. The number of rotatable bonds is 4. The van der Waals surface area contributed by atoms with Crippen LogP contribution in [0.25, 0.3) is 0 Å². The van der Waals surface area contributed by atoms with Gasteiger partial charge in [0.1, 0.15) is 0 Å². The summed E-state index contributed by atoms with van der Waals surface area (Å²) in [6.07, 6.45) is 0. The average molecular weight is 194 g/mol. The van der Waals surface area contributed by atoms with E-state index in [-0.39, 0.29) is 6.61 Å². The van der Waals surface area contributed by atoms with E-state index in [1.807, 2.05) is 0 Å². The molecule has 0 radical (unpaired) electrons. The lowest BCUT2D eigenvalue weighted by atomic mass is 10.6. The molecule has 0 amide bonds. The van der Waals surface area contributed by atoms with Gasteiger partial charge in [-0.3, -0.25) is 0 Å². The number of aliphatic hydroxyl groups is 1. The quantitative estimate of drug-likeness (QED) is 0.250. The van der Waals surface area contributed by atoms with Gasteiger partial charge in [0, 0.05) is 19.6 Å². The van der Waals surface area contributed by atoms with Crippen LogP contribution in [0.5, 0.6) is 0 Å². The second kappa shape index (κ2) is 10.8. The summed E-state index contributed by atoms with van der Waals surface area (Å²) in [5, 5.41) is 25.9. The summed E-state index contributed by atoms with van der Waals surface area (Å²) in [6, 6.07) is 0. The minimum absolute atomic E-state index is 0.194. The molecule has 7 heteroatoms. The maximum Gasteiger partial charge on any atom is 0.414 e. The fraction of sp³-hybridized carbons (Fsp3) is 0.667. The molecule has 7 nitrogen and oxygen atoms in total. The van der Waals surface area contributed by atoms with Crippen molar-refractivity contribution in [2.45, 2.75) is 0 Å². The van der Waals surface area contributed by atoms with Gasteiger partial charge in [0.15, 0.2) is 0 Å². The van der Waals surface area contributed by atoms with Crippen molar-refractivity contribution in [2.75, 3.05) is 26.2 Å². The number of aliphatic carboxylic acids is 2. The van der Waals surface area contributed by atoms with Crippen LogP contribution in [-0.2, 0) is 9.59 Å². The van der Waals surface area contributed by atoms with E-state index in [0.29, 0.717) is 13.1 Å². The Morgan fingerprint density at radius 3 is 1.85 bits per heavy atom. The molecule has 13 heavy (non-hydrogen) atoms. The minimum Gasteiger partial charge on any atom is -0.473 e. The molecule has 0 atom stereocenters. The van der Waals surface area contributed by atoms with E-state index in [2.05, 4.69) is 5.32 Å². The number of carbonyl (C=O) groups is 2. The molecule has 6 N–H and O–H groups in total. The lowest BCUT2D eigenvalue weighted by molar-refractivity contribution is -0.159. The normalized spacial score (nSPS) is 8.46. The number of hydrogen-bond acceptors (Lipinski definition) is 5. The molecule has 0 aliphatic carbocycles. The van der Waals surface area contributed by atoms with Gasteiger partial charge in [-0.25, -0.2) is 9.59 Å². The Hall–Kier alpha value is -1.18. The van der Waals surface area contributed by atoms with Crippen molar-refractivity contribution in [3.63, 3.8) is 0 Å². The van der Waals surface area contributed by atoms with Crippen LogP contribution in [0.2, 0.25) is 0 Å². The molecule has 78 valence electrons. The highest BCUT2D eigenvalue weighted by Crippen LogP contribution is 1.56. The summed E-state index contributed by atoms with van der Waals surface area (Å²) >= 11 is 0. The molecule has 0 spiro atoms. The van der Waals surface area contributed by atoms with Gasteiger partial charge in [0.05, 0.1) is 6.61 Å². The predicted molar refractivity (Wildman–Crippen MR) is 44.3 cm³/mol. The Kier molecular flexibility index (Phi) is 11.9. The molecular weight excluding hydrogens is 180 g/mol. The maximum atomic E-state index is 9.10. The van der Waals surface area contributed by atoms with Crippen molar-refractivity contribution in [1.82, 2.24) is 5.32 Å². The standard InChI is InChI=1S/C4H12N2O.C2H2O4/c5-1-2-6-3-4-7;3-1(4)2(5)6/h6-7H,1-5H2;(H,3,4)(H,5,6). The molecular formula is C6H14N2O5. The van der Waals surface area contributed by atoms with Gasteiger partial charge in [-0.1, -0.05) is 0 Å². The maximum absolute atomic E-state index is 9.10. The zero-order chi connectivity index (χ0) is 10.7. The molecule has 0 heterocycles. The van der Waals surface area contributed by atoms with Gasteiger partial charge < -0.3 is 26.4 Å². The van der Waals surface area contributed by atoms with Crippen LogP contribution in [0.4, 0.5) is 0 Å². The Labute approximate surface area is 75.2 Å². The summed E-state index contributed by atoms with van der Waals surface area (Å²) in [4.78, 5) is 18.2. The lowest BCUT2D eigenvalue weighted by Crippen LogP contribution is -2.24. The van der Waals surface area contributed by atoms with Crippen molar-refractivity contribution in [3.05, 3.63) is 0 Å². The SMILES string of the molecule is NCCNCCO.O=C(O)C(=O)O. The monoisotopic (exact) mass is 194 g/mol. The van der Waals surface area contributed by atoms with Crippen LogP contribution in [0.3, 0.4) is 0 Å². The van der Waals surface area contributed by atoms with E-state index >= 15 is 0 Å². The molecule has 0 aliphatic heterocycles. The van der Waals surface area contributed by atoms with Crippen LogP contribution in [0.15, 0.2) is 0 Å². The van der Waals surface area contributed by atoms with Crippen LogP contribution in [0.1, 0.15) is 0 Å². The molecule has 0 saturated carbocycles. The largest absolute Gasteiger partial charge is 0.473 e. The van der Waals surface area contributed by atoms with E-state index in [1.54, 1.807) is 0 Å². The zero-order valence-electron chi connectivity index (χ0n) is 7.06. The molecule has 0 saturated heterocycles. The van der Waals surface area contributed by atoms with Gasteiger partial charge in [-0.15, -0.1) is 0 Å². The second-order valence-corrected chi connectivity index (χ2v) is 1.87. The molecule has 0 aliphatic rings. The first-order valence-corrected chi connectivity index (χ1v) is 3.54. The summed E-state index contributed by atoms with van der Waals surface area (Å²) in [5.41, 5.74) is 5.13. The number of nitrogens with two attached hydrogens (primary N) is 1. The average Bonchev–Trinajstić information content (AvgIpc) is 2.06. The highest BCUT2D eigenvalue weighted by atomic mass is 16.4. The van der Waals surface area contributed by atoms with Crippen molar-refractivity contribution in [2.24, 2.45) is 5.73 Å². The first kappa shape index (κ1) is 14.3. The van der Waals surface area contributed by atoms with Crippen LogP contribution in [0, 0.1) is 0 Å². The highest BCUT2D eigenvalue weighted by Gasteiger charge is 2.04.